The lowest BCUT2D eigenvalue weighted by Gasteiger charge is -2.27. The van der Waals surface area contributed by atoms with Gasteiger partial charge >= 0.3 is 0 Å². The number of hydrogen-bond donors (Lipinski definition) is 2. The number of nitrogens with one attached hydrogen (secondary N) is 2. The molecule has 2 atom stereocenters. The minimum Gasteiger partial charge on any atom is -0.356 e. The van der Waals surface area contributed by atoms with Crippen molar-refractivity contribution < 1.29 is 9.59 Å². The van der Waals surface area contributed by atoms with Gasteiger partial charge in [-0.15, -0.1) is 0 Å². The summed E-state index contributed by atoms with van der Waals surface area (Å²) in [6, 6.07) is 0.826. The van der Waals surface area contributed by atoms with Crippen LogP contribution in [-0.4, -0.2) is 73.5 Å². The van der Waals surface area contributed by atoms with Crippen LogP contribution in [0.15, 0.2) is 0 Å². The topological polar surface area (TPSA) is 64.7 Å². The van der Waals surface area contributed by atoms with Crippen molar-refractivity contribution in [3.8, 4) is 0 Å². The molecule has 1 aliphatic carbocycles. The average Bonchev–Trinajstić information content (AvgIpc) is 4.05. The molecule has 1 aliphatic rings. The number of nitrogens with zero attached hydrogens (tertiary/aromatic N) is 2. The van der Waals surface area contributed by atoms with Gasteiger partial charge in [0, 0.05) is 45.1 Å². The van der Waals surface area contributed by atoms with Crippen molar-refractivity contribution in [1.82, 2.24) is 20.4 Å². The molecule has 0 spiro atoms. The van der Waals surface area contributed by atoms with Gasteiger partial charge in [-0.05, 0) is 95.7 Å². The lowest BCUT2D eigenvalue weighted by Crippen LogP contribution is -2.37. The van der Waals surface area contributed by atoms with Crippen molar-refractivity contribution in [2.24, 2.45) is 11.8 Å². The van der Waals surface area contributed by atoms with E-state index in [1.165, 1.54) is 199 Å². The van der Waals surface area contributed by atoms with Crippen LogP contribution in [-0.2, 0) is 9.59 Å². The Bertz CT molecular complexity index is 821. The maximum atomic E-state index is 13.0. The predicted octanol–water partition coefficient (Wildman–Crippen LogP) is 13.8. The third kappa shape index (κ3) is 34.3. The molecule has 6 nitrogen and oxygen atoms in total. The Morgan fingerprint density at radius 3 is 1.16 bits per heavy atom. The van der Waals surface area contributed by atoms with Crippen LogP contribution in [0.25, 0.3) is 0 Å². The molecule has 1 fully saturated rings. The van der Waals surface area contributed by atoms with E-state index in [1.54, 1.807) is 0 Å². The Labute approximate surface area is 357 Å². The average molecular weight is 803 g/mol. The van der Waals surface area contributed by atoms with Crippen LogP contribution >= 0.6 is 0 Å². The Morgan fingerprint density at radius 2 is 0.789 bits per heavy atom. The second-order valence-corrected chi connectivity index (χ2v) is 18.5. The van der Waals surface area contributed by atoms with Crippen LogP contribution in [0, 0.1) is 11.8 Å². The Balaban J connectivity index is 2.39. The van der Waals surface area contributed by atoms with Gasteiger partial charge in [0.15, 0.2) is 0 Å². The zero-order valence-corrected chi connectivity index (χ0v) is 39.4. The van der Waals surface area contributed by atoms with Gasteiger partial charge in [0.1, 0.15) is 0 Å². The van der Waals surface area contributed by atoms with Crippen molar-refractivity contribution in [2.45, 2.75) is 259 Å². The van der Waals surface area contributed by atoms with Crippen molar-refractivity contribution in [3.63, 3.8) is 0 Å². The summed E-state index contributed by atoms with van der Waals surface area (Å²) in [4.78, 5) is 31.3. The van der Waals surface area contributed by atoms with Gasteiger partial charge in [-0.25, -0.2) is 0 Å². The molecule has 0 saturated heterocycles. The first-order valence-corrected chi connectivity index (χ1v) is 26.0. The molecule has 2 N–H and O–H groups in total. The largest absolute Gasteiger partial charge is 0.356 e. The highest BCUT2D eigenvalue weighted by Crippen LogP contribution is 2.26. The summed E-state index contributed by atoms with van der Waals surface area (Å²) in [5.74, 6) is 1.70. The molecule has 0 bridgehead atoms. The van der Waals surface area contributed by atoms with Crippen LogP contribution in [0.1, 0.15) is 253 Å². The minimum atomic E-state index is 0.286. The molecule has 1 saturated carbocycles. The molecule has 0 aromatic heterocycles. The van der Waals surface area contributed by atoms with Crippen LogP contribution in [0.5, 0.6) is 0 Å². The van der Waals surface area contributed by atoms with Crippen LogP contribution in [0.2, 0.25) is 0 Å². The van der Waals surface area contributed by atoms with Crippen molar-refractivity contribution >= 4 is 11.8 Å². The molecule has 57 heavy (non-hydrogen) atoms. The highest BCUT2D eigenvalue weighted by Gasteiger charge is 2.27. The molecular formula is C51H102N4O2. The molecule has 338 valence electrons. The smallest absolute Gasteiger partial charge is 0.220 e. The third-order valence-corrected chi connectivity index (χ3v) is 12.9. The molecule has 2 unspecified atom stereocenters. The summed E-state index contributed by atoms with van der Waals surface area (Å²) in [6.45, 7) is 18.9. The van der Waals surface area contributed by atoms with Crippen LogP contribution in [0.3, 0.4) is 0 Å². The predicted molar refractivity (Wildman–Crippen MR) is 250 cm³/mol. The van der Waals surface area contributed by atoms with E-state index in [0.29, 0.717) is 11.8 Å². The highest BCUT2D eigenvalue weighted by atomic mass is 16.2. The van der Waals surface area contributed by atoms with E-state index in [-0.39, 0.29) is 11.8 Å². The number of amides is 2. The summed E-state index contributed by atoms with van der Waals surface area (Å²) in [5.41, 5.74) is 0. The van der Waals surface area contributed by atoms with Crippen molar-refractivity contribution in [1.29, 1.82) is 0 Å². The lowest BCUT2D eigenvalue weighted by molar-refractivity contribution is -0.123. The van der Waals surface area contributed by atoms with E-state index in [9.17, 15) is 9.59 Å². The first kappa shape index (κ1) is 53.9. The van der Waals surface area contributed by atoms with Crippen LogP contribution in [0.4, 0.5) is 0 Å². The zero-order chi connectivity index (χ0) is 41.4. The summed E-state index contributed by atoms with van der Waals surface area (Å²) in [5, 5.41) is 6.60. The number of carbonyl (C=O) groups excluding carboxylic acids is 2. The van der Waals surface area contributed by atoms with Gasteiger partial charge in [0.25, 0.3) is 0 Å². The first-order valence-electron chi connectivity index (χ1n) is 26.0. The maximum Gasteiger partial charge on any atom is 0.220 e. The SMILES string of the molecule is CCCCCCCCC(CCCCCC)CC(=O)NCCCCCN(CCCCCNC(=O)CC(CCCCCC)CCCCCCCC)CCN(CC)C1CC1. The van der Waals surface area contributed by atoms with E-state index in [2.05, 4.69) is 55.1 Å². The molecule has 0 radical (unpaired) electrons. The standard InChI is InChI=1S/C51H102N4O2/c1-6-11-15-19-21-27-35-47(33-25-17-13-8-3)45-50(56)52-39-29-23-31-41-54(43-44-55(10-5)49-37-38-49)42-32-24-30-40-53-51(57)46-48(34-26-18-14-9-4)36-28-22-20-16-12-7-2/h47-49H,6-46H2,1-5H3,(H,52,56)(H,53,57). The summed E-state index contributed by atoms with van der Waals surface area (Å²) < 4.78 is 0. The Hall–Kier alpha value is -1.14. The number of likely N-dealkylation sites (N-methyl/N-ethyl adjacent to an activating group) is 1. The Morgan fingerprint density at radius 1 is 0.439 bits per heavy atom. The number of carbonyl (C=O) groups is 2. The van der Waals surface area contributed by atoms with Crippen molar-refractivity contribution in [3.05, 3.63) is 0 Å². The molecule has 0 heterocycles. The van der Waals surface area contributed by atoms with Gasteiger partial charge in [-0.1, -0.05) is 176 Å². The quantitative estimate of drug-likeness (QED) is 0.0602. The van der Waals surface area contributed by atoms with E-state index in [1.807, 2.05) is 0 Å². The zero-order valence-electron chi connectivity index (χ0n) is 39.4. The number of hydrogen-bond acceptors (Lipinski definition) is 4. The van der Waals surface area contributed by atoms with Gasteiger partial charge in [-0.3, -0.25) is 14.5 Å². The highest BCUT2D eigenvalue weighted by molar-refractivity contribution is 5.76. The monoisotopic (exact) mass is 803 g/mol. The minimum absolute atomic E-state index is 0.286. The summed E-state index contributed by atoms with van der Waals surface area (Å²) in [6.07, 6.45) is 42.5. The van der Waals surface area contributed by atoms with Crippen molar-refractivity contribution in [2.75, 3.05) is 45.8 Å². The second kappa shape index (κ2) is 40.3. The number of unbranched alkanes of at least 4 members (excludes halogenated alkanes) is 20. The molecule has 2 amide bonds. The molecule has 1 rings (SSSR count). The number of rotatable bonds is 45. The molecular weight excluding hydrogens is 701 g/mol. The van der Waals surface area contributed by atoms with Gasteiger partial charge in [0.05, 0.1) is 0 Å². The van der Waals surface area contributed by atoms with Gasteiger partial charge in [-0.2, -0.15) is 0 Å². The third-order valence-electron chi connectivity index (χ3n) is 12.9. The van der Waals surface area contributed by atoms with Gasteiger partial charge in [0.2, 0.25) is 11.8 Å². The van der Waals surface area contributed by atoms with E-state index in [0.717, 1.165) is 71.0 Å². The lowest BCUT2D eigenvalue weighted by atomic mass is 9.91. The Kier molecular flexibility index (Phi) is 38.1. The van der Waals surface area contributed by atoms with E-state index < -0.39 is 0 Å². The molecule has 0 aliphatic heterocycles. The fourth-order valence-electron chi connectivity index (χ4n) is 8.89. The maximum absolute atomic E-state index is 13.0. The second-order valence-electron chi connectivity index (χ2n) is 18.5. The first-order chi connectivity index (χ1) is 28.0. The summed E-state index contributed by atoms with van der Waals surface area (Å²) in [7, 11) is 0. The van der Waals surface area contributed by atoms with E-state index in [4.69, 9.17) is 0 Å². The summed E-state index contributed by atoms with van der Waals surface area (Å²) >= 11 is 0. The molecule has 0 aromatic rings. The fourth-order valence-corrected chi connectivity index (χ4v) is 8.89. The fraction of sp³-hybridized carbons (Fsp3) is 0.961. The van der Waals surface area contributed by atoms with Crippen LogP contribution < -0.4 is 10.6 Å². The molecule has 6 heteroatoms. The molecule has 0 aromatic carbocycles. The normalized spacial score (nSPS) is 14.1. The van der Waals surface area contributed by atoms with E-state index >= 15 is 0 Å². The van der Waals surface area contributed by atoms with Gasteiger partial charge < -0.3 is 15.5 Å².